The van der Waals surface area contributed by atoms with Crippen molar-refractivity contribution in [2.75, 3.05) is 0 Å². The van der Waals surface area contributed by atoms with Crippen molar-refractivity contribution in [1.82, 2.24) is 15.2 Å². The number of nitrogens with two attached hydrogens (primary N) is 1. The van der Waals surface area contributed by atoms with Crippen LogP contribution in [0.2, 0.25) is 0 Å². The summed E-state index contributed by atoms with van der Waals surface area (Å²) in [6, 6.07) is 4.36. The van der Waals surface area contributed by atoms with Gasteiger partial charge in [0.2, 0.25) is 0 Å². The molecule has 0 saturated heterocycles. The Morgan fingerprint density at radius 3 is 2.72 bits per heavy atom. The molecule has 3 N–H and O–H groups in total. The molecule has 0 aliphatic rings. The minimum Gasteiger partial charge on any atom is -0.275 e. The van der Waals surface area contributed by atoms with Crippen LogP contribution in [0.4, 0.5) is 4.39 Å². The molecule has 0 amide bonds. The average molecular weight is 313 g/mol. The van der Waals surface area contributed by atoms with E-state index in [0.29, 0.717) is 5.56 Å². The van der Waals surface area contributed by atoms with Crippen LogP contribution in [-0.4, -0.2) is 9.78 Å². The maximum atomic E-state index is 13.9. The van der Waals surface area contributed by atoms with E-state index >= 15 is 0 Å². The first-order valence-electron chi connectivity index (χ1n) is 5.44. The first-order valence-corrected chi connectivity index (χ1v) is 6.23. The lowest BCUT2D eigenvalue weighted by atomic mass is 9.99. The van der Waals surface area contributed by atoms with Crippen LogP contribution in [0, 0.1) is 12.7 Å². The zero-order valence-electron chi connectivity index (χ0n) is 10.1. The topological polar surface area (TPSA) is 55.9 Å². The molecule has 0 saturated carbocycles. The second kappa shape index (κ2) is 5.17. The maximum Gasteiger partial charge on any atom is 0.128 e. The summed E-state index contributed by atoms with van der Waals surface area (Å²) in [4.78, 5) is 0. The minimum atomic E-state index is -0.420. The summed E-state index contributed by atoms with van der Waals surface area (Å²) < 4.78 is 16.4. The van der Waals surface area contributed by atoms with Crippen molar-refractivity contribution in [3.63, 3.8) is 0 Å². The van der Waals surface area contributed by atoms with Crippen LogP contribution in [-0.2, 0) is 7.05 Å². The number of aryl methyl sites for hydroxylation is 2. The number of halogens is 2. The van der Waals surface area contributed by atoms with Gasteiger partial charge in [-0.05, 0) is 25.1 Å². The number of nitrogens with one attached hydrogen (secondary N) is 1. The molecular formula is C12H14BrFN4. The van der Waals surface area contributed by atoms with Gasteiger partial charge < -0.3 is 0 Å². The van der Waals surface area contributed by atoms with Gasteiger partial charge in [-0.15, -0.1) is 0 Å². The first-order chi connectivity index (χ1) is 8.52. The number of hydrazine groups is 1. The summed E-state index contributed by atoms with van der Waals surface area (Å²) in [5.74, 6) is 5.26. The van der Waals surface area contributed by atoms with Crippen LogP contribution in [0.25, 0.3) is 0 Å². The van der Waals surface area contributed by atoms with Crippen LogP contribution >= 0.6 is 15.9 Å². The van der Waals surface area contributed by atoms with Crippen molar-refractivity contribution in [2.45, 2.75) is 13.0 Å². The van der Waals surface area contributed by atoms with E-state index < -0.39 is 6.04 Å². The molecule has 2 rings (SSSR count). The summed E-state index contributed by atoms with van der Waals surface area (Å²) >= 11 is 3.33. The third-order valence-corrected chi connectivity index (χ3v) is 3.29. The minimum absolute atomic E-state index is 0.301. The zero-order chi connectivity index (χ0) is 13.3. The van der Waals surface area contributed by atoms with E-state index in [9.17, 15) is 4.39 Å². The molecule has 96 valence electrons. The Kier molecular flexibility index (Phi) is 3.79. The number of hydrogen-bond acceptors (Lipinski definition) is 3. The maximum absolute atomic E-state index is 13.9. The summed E-state index contributed by atoms with van der Waals surface area (Å²) in [7, 11) is 1.82. The smallest absolute Gasteiger partial charge is 0.128 e. The van der Waals surface area contributed by atoms with Gasteiger partial charge in [0.25, 0.3) is 0 Å². The molecule has 0 spiro atoms. The first kappa shape index (κ1) is 13.2. The van der Waals surface area contributed by atoms with Gasteiger partial charge in [0.15, 0.2) is 0 Å². The van der Waals surface area contributed by atoms with Gasteiger partial charge in [-0.3, -0.25) is 10.5 Å². The molecule has 0 fully saturated rings. The highest BCUT2D eigenvalue weighted by atomic mass is 79.9. The molecule has 1 heterocycles. The van der Waals surface area contributed by atoms with Gasteiger partial charge >= 0.3 is 0 Å². The molecule has 0 aliphatic heterocycles. The van der Waals surface area contributed by atoms with Crippen molar-refractivity contribution in [1.29, 1.82) is 0 Å². The number of aromatic nitrogens is 2. The zero-order valence-corrected chi connectivity index (χ0v) is 11.7. The molecular weight excluding hydrogens is 299 g/mol. The summed E-state index contributed by atoms with van der Waals surface area (Å²) in [6.07, 6.45) is 1.83. The number of benzene rings is 1. The molecule has 0 radical (unpaired) electrons. The Labute approximate surface area is 113 Å². The van der Waals surface area contributed by atoms with Gasteiger partial charge in [0.05, 0.1) is 11.7 Å². The highest BCUT2D eigenvalue weighted by molar-refractivity contribution is 9.10. The fraction of sp³-hybridized carbons (Fsp3) is 0.250. The van der Waals surface area contributed by atoms with Gasteiger partial charge in [0, 0.05) is 28.8 Å². The second-order valence-electron chi connectivity index (χ2n) is 4.11. The molecule has 1 atom stereocenters. The lowest BCUT2D eigenvalue weighted by molar-refractivity contribution is 0.558. The fourth-order valence-electron chi connectivity index (χ4n) is 1.98. The molecule has 1 aromatic carbocycles. The number of hydrogen-bond donors (Lipinski definition) is 2. The lowest BCUT2D eigenvalue weighted by Crippen LogP contribution is -2.29. The largest absolute Gasteiger partial charge is 0.275 e. The van der Waals surface area contributed by atoms with Crippen molar-refractivity contribution in [3.8, 4) is 0 Å². The predicted molar refractivity (Wildman–Crippen MR) is 71.2 cm³/mol. The van der Waals surface area contributed by atoms with Gasteiger partial charge in [-0.2, -0.15) is 5.10 Å². The van der Waals surface area contributed by atoms with E-state index in [1.54, 1.807) is 16.8 Å². The van der Waals surface area contributed by atoms with Crippen LogP contribution in [0.1, 0.15) is 22.9 Å². The summed E-state index contributed by atoms with van der Waals surface area (Å²) in [6.45, 7) is 1.87. The lowest BCUT2D eigenvalue weighted by Gasteiger charge is -2.16. The Hall–Kier alpha value is -1.24. The summed E-state index contributed by atoms with van der Waals surface area (Å²) in [5, 5.41) is 4.24. The predicted octanol–water partition coefficient (Wildman–Crippen LogP) is 2.18. The quantitative estimate of drug-likeness (QED) is 0.674. The SMILES string of the molecule is Cc1nn(C)cc1C(NN)c1cc(Br)ccc1F. The molecule has 0 bridgehead atoms. The van der Waals surface area contributed by atoms with E-state index in [1.165, 1.54) is 6.07 Å². The highest BCUT2D eigenvalue weighted by Crippen LogP contribution is 2.27. The molecule has 0 aliphatic carbocycles. The average Bonchev–Trinajstić information content (AvgIpc) is 2.64. The summed E-state index contributed by atoms with van der Waals surface area (Å²) in [5.41, 5.74) is 4.81. The van der Waals surface area contributed by atoms with Crippen LogP contribution < -0.4 is 11.3 Å². The Balaban J connectivity index is 2.51. The molecule has 18 heavy (non-hydrogen) atoms. The molecule has 2 aromatic rings. The second-order valence-corrected chi connectivity index (χ2v) is 5.02. The van der Waals surface area contributed by atoms with E-state index in [2.05, 4.69) is 26.5 Å². The van der Waals surface area contributed by atoms with Crippen molar-refractivity contribution < 1.29 is 4.39 Å². The van der Waals surface area contributed by atoms with E-state index in [4.69, 9.17) is 5.84 Å². The van der Waals surface area contributed by atoms with Crippen molar-refractivity contribution >= 4 is 15.9 Å². The highest BCUT2D eigenvalue weighted by Gasteiger charge is 2.20. The van der Waals surface area contributed by atoms with Crippen molar-refractivity contribution in [3.05, 3.63) is 51.5 Å². The third kappa shape index (κ3) is 2.45. The van der Waals surface area contributed by atoms with Crippen molar-refractivity contribution in [2.24, 2.45) is 12.9 Å². The van der Waals surface area contributed by atoms with Crippen LogP contribution in [0.15, 0.2) is 28.9 Å². The Morgan fingerprint density at radius 2 is 2.17 bits per heavy atom. The van der Waals surface area contributed by atoms with Gasteiger partial charge in [-0.25, -0.2) is 9.82 Å². The molecule has 6 heteroatoms. The van der Waals surface area contributed by atoms with E-state index in [-0.39, 0.29) is 5.82 Å². The van der Waals surface area contributed by atoms with E-state index in [0.717, 1.165) is 15.7 Å². The van der Waals surface area contributed by atoms with Crippen LogP contribution in [0.3, 0.4) is 0 Å². The molecule has 4 nitrogen and oxygen atoms in total. The number of nitrogens with zero attached hydrogens (tertiary/aromatic N) is 2. The Bertz CT molecular complexity index is 567. The fourth-order valence-corrected chi connectivity index (χ4v) is 2.36. The molecule has 1 aromatic heterocycles. The van der Waals surface area contributed by atoms with E-state index in [1.807, 2.05) is 20.2 Å². The number of rotatable bonds is 3. The van der Waals surface area contributed by atoms with Gasteiger partial charge in [-0.1, -0.05) is 15.9 Å². The normalized spacial score (nSPS) is 12.7. The Morgan fingerprint density at radius 1 is 1.44 bits per heavy atom. The molecule has 1 unspecified atom stereocenters. The standard InChI is InChI=1S/C12H14BrFN4/c1-7-10(6-18(2)17-7)12(16-15)9-5-8(13)3-4-11(9)14/h3-6,12,16H,15H2,1-2H3. The van der Waals surface area contributed by atoms with Gasteiger partial charge in [0.1, 0.15) is 5.82 Å². The third-order valence-electron chi connectivity index (χ3n) is 2.80. The monoisotopic (exact) mass is 312 g/mol. The van der Waals surface area contributed by atoms with Crippen LogP contribution in [0.5, 0.6) is 0 Å².